The molecule has 1 fully saturated rings. The van der Waals surface area contributed by atoms with Gasteiger partial charge in [0.25, 0.3) is 5.91 Å². The van der Waals surface area contributed by atoms with E-state index in [1.165, 1.54) is 36.4 Å². The maximum Gasteiger partial charge on any atom is 0.252 e. The predicted octanol–water partition coefficient (Wildman–Crippen LogP) is 3.32. The average molecular weight is 627 g/mol. The van der Waals surface area contributed by atoms with E-state index in [4.69, 9.17) is 16.7 Å². The van der Waals surface area contributed by atoms with Crippen LogP contribution in [0.3, 0.4) is 0 Å². The molecule has 0 aliphatic carbocycles. The minimum atomic E-state index is -4.19. The van der Waals surface area contributed by atoms with Crippen LogP contribution in [0.4, 0.5) is 5.69 Å². The first kappa shape index (κ1) is 27.4. The van der Waals surface area contributed by atoms with Crippen molar-refractivity contribution in [1.82, 2.24) is 4.31 Å². The number of carbonyl (C=O) groups is 2. The SMILES string of the molecule is NS(=O)(=O)c1ccc(N2C(=O)CC(N(CCc3cccc(Cl)c3)S(=O)(=O)c3ccc(Br)cc3)C2=O)cc1. The summed E-state index contributed by atoms with van der Waals surface area (Å²) in [5, 5.41) is 5.61. The fourth-order valence-electron chi connectivity index (χ4n) is 4.01. The Hall–Kier alpha value is -2.61. The Morgan fingerprint density at radius 3 is 2.16 bits per heavy atom. The second kappa shape index (κ2) is 10.6. The zero-order chi connectivity index (χ0) is 27.0. The van der Waals surface area contributed by atoms with E-state index < -0.39 is 37.9 Å². The first-order valence-corrected chi connectivity index (χ1v) is 15.1. The molecule has 4 rings (SSSR count). The van der Waals surface area contributed by atoms with Crippen LogP contribution in [0, 0.1) is 0 Å². The number of imide groups is 1. The van der Waals surface area contributed by atoms with Gasteiger partial charge in [-0.25, -0.2) is 26.9 Å². The average Bonchev–Trinajstić information content (AvgIpc) is 3.12. The Morgan fingerprint density at radius 1 is 0.946 bits per heavy atom. The summed E-state index contributed by atoms with van der Waals surface area (Å²) in [4.78, 5) is 27.0. The summed E-state index contributed by atoms with van der Waals surface area (Å²) < 4.78 is 52.2. The molecule has 9 nitrogen and oxygen atoms in total. The van der Waals surface area contributed by atoms with Crippen molar-refractivity contribution in [2.45, 2.75) is 28.7 Å². The van der Waals surface area contributed by atoms with Crippen molar-refractivity contribution in [2.75, 3.05) is 11.4 Å². The third-order valence-electron chi connectivity index (χ3n) is 5.82. The number of anilines is 1. The Balaban J connectivity index is 1.69. The van der Waals surface area contributed by atoms with E-state index >= 15 is 0 Å². The van der Waals surface area contributed by atoms with Crippen LogP contribution in [-0.4, -0.2) is 45.5 Å². The monoisotopic (exact) mass is 625 g/mol. The lowest BCUT2D eigenvalue weighted by atomic mass is 10.1. The number of hydrogen-bond acceptors (Lipinski definition) is 6. The van der Waals surface area contributed by atoms with Gasteiger partial charge in [0, 0.05) is 16.0 Å². The standard InChI is InChI=1S/C24H21BrClN3O6S2/c25-17-4-8-21(9-5-17)37(34,35)28(13-12-16-2-1-3-18(26)14-16)22-15-23(30)29(24(22)31)19-6-10-20(11-7-19)36(27,32)33/h1-11,14,22H,12-13,15H2,(H2,27,32,33). The van der Waals surface area contributed by atoms with E-state index in [1.807, 2.05) is 0 Å². The van der Waals surface area contributed by atoms with E-state index in [1.54, 1.807) is 36.4 Å². The molecule has 0 saturated carbocycles. The molecule has 13 heteroatoms. The van der Waals surface area contributed by atoms with Crippen LogP contribution in [-0.2, 0) is 36.1 Å². The molecular formula is C24H21BrClN3O6S2. The Labute approximate surface area is 228 Å². The zero-order valence-corrected chi connectivity index (χ0v) is 23.1. The first-order valence-electron chi connectivity index (χ1n) is 10.9. The highest BCUT2D eigenvalue weighted by atomic mass is 79.9. The maximum atomic E-state index is 13.7. The van der Waals surface area contributed by atoms with Gasteiger partial charge in [-0.15, -0.1) is 0 Å². The van der Waals surface area contributed by atoms with Gasteiger partial charge < -0.3 is 0 Å². The molecule has 3 aromatic carbocycles. The maximum absolute atomic E-state index is 13.7. The largest absolute Gasteiger partial charge is 0.274 e. The Bertz CT molecular complexity index is 1560. The smallest absolute Gasteiger partial charge is 0.252 e. The third kappa shape index (κ3) is 5.95. The van der Waals surface area contributed by atoms with Crippen molar-refractivity contribution in [3.8, 4) is 0 Å². The normalized spacial score (nSPS) is 16.5. The van der Waals surface area contributed by atoms with Crippen LogP contribution >= 0.6 is 27.5 Å². The van der Waals surface area contributed by atoms with Gasteiger partial charge in [-0.1, -0.05) is 39.7 Å². The molecule has 1 saturated heterocycles. The molecule has 194 valence electrons. The molecule has 2 N–H and O–H groups in total. The van der Waals surface area contributed by atoms with Crippen molar-refractivity contribution in [3.05, 3.63) is 87.9 Å². The summed E-state index contributed by atoms with van der Waals surface area (Å²) in [6, 6.07) is 16.5. The van der Waals surface area contributed by atoms with Crippen LogP contribution in [0.2, 0.25) is 5.02 Å². The first-order chi connectivity index (χ1) is 17.4. The lowest BCUT2D eigenvalue weighted by Gasteiger charge is -2.27. The highest BCUT2D eigenvalue weighted by Crippen LogP contribution is 2.30. The summed E-state index contributed by atoms with van der Waals surface area (Å²) in [6.07, 6.45) is -0.127. The number of nitrogens with zero attached hydrogens (tertiary/aromatic N) is 2. The van der Waals surface area contributed by atoms with E-state index in [2.05, 4.69) is 15.9 Å². The van der Waals surface area contributed by atoms with Crippen LogP contribution < -0.4 is 10.0 Å². The number of carbonyl (C=O) groups excluding carboxylic acids is 2. The number of primary sulfonamides is 1. The molecule has 0 bridgehead atoms. The van der Waals surface area contributed by atoms with E-state index in [0.29, 0.717) is 9.50 Å². The zero-order valence-electron chi connectivity index (χ0n) is 19.1. The molecule has 1 unspecified atom stereocenters. The van der Waals surface area contributed by atoms with Crippen molar-refractivity contribution in [3.63, 3.8) is 0 Å². The van der Waals surface area contributed by atoms with Crippen LogP contribution in [0.1, 0.15) is 12.0 Å². The molecule has 1 atom stereocenters. The lowest BCUT2D eigenvalue weighted by Crippen LogP contribution is -2.46. The van der Waals surface area contributed by atoms with Crippen molar-refractivity contribution < 1.29 is 26.4 Å². The molecule has 0 radical (unpaired) electrons. The molecule has 37 heavy (non-hydrogen) atoms. The number of hydrogen-bond donors (Lipinski definition) is 1. The fourth-order valence-corrected chi connectivity index (χ4v) is 6.59. The lowest BCUT2D eigenvalue weighted by molar-refractivity contribution is -0.122. The molecule has 3 aromatic rings. The summed E-state index contributed by atoms with van der Waals surface area (Å²) in [5.41, 5.74) is 0.872. The topological polar surface area (TPSA) is 135 Å². The second-order valence-corrected chi connectivity index (χ2v) is 13.1. The molecule has 0 aromatic heterocycles. The minimum Gasteiger partial charge on any atom is -0.274 e. The summed E-state index contributed by atoms with van der Waals surface area (Å²) in [6.45, 7) is -0.0827. The van der Waals surface area contributed by atoms with Gasteiger partial charge in [0.15, 0.2) is 0 Å². The summed E-state index contributed by atoms with van der Waals surface area (Å²) >= 11 is 9.35. The molecule has 1 aliphatic rings. The quantitative estimate of drug-likeness (QED) is 0.381. The molecular weight excluding hydrogens is 606 g/mol. The van der Waals surface area contributed by atoms with Gasteiger partial charge in [-0.3, -0.25) is 9.59 Å². The molecule has 0 spiro atoms. The van der Waals surface area contributed by atoms with Crippen molar-refractivity contribution >= 4 is 65.1 Å². The number of rotatable bonds is 8. The van der Waals surface area contributed by atoms with Crippen LogP contribution in [0.15, 0.2) is 87.1 Å². The van der Waals surface area contributed by atoms with E-state index in [-0.39, 0.29) is 34.9 Å². The molecule has 2 amide bonds. The third-order valence-corrected chi connectivity index (χ3v) is 9.44. The van der Waals surface area contributed by atoms with Gasteiger partial charge in [-0.05, 0) is 72.6 Å². The van der Waals surface area contributed by atoms with Gasteiger partial charge in [0.1, 0.15) is 6.04 Å². The molecule has 1 aliphatic heterocycles. The molecule has 1 heterocycles. The summed E-state index contributed by atoms with van der Waals surface area (Å²) in [5.74, 6) is -1.35. The summed E-state index contributed by atoms with van der Waals surface area (Å²) in [7, 11) is -8.16. The Kier molecular flexibility index (Phi) is 7.88. The number of nitrogens with two attached hydrogens (primary N) is 1. The minimum absolute atomic E-state index is 0.0296. The fraction of sp³-hybridized carbons (Fsp3) is 0.167. The highest BCUT2D eigenvalue weighted by molar-refractivity contribution is 9.10. The van der Waals surface area contributed by atoms with Gasteiger partial charge >= 0.3 is 0 Å². The number of amides is 2. The predicted molar refractivity (Wildman–Crippen MR) is 142 cm³/mol. The van der Waals surface area contributed by atoms with Gasteiger partial charge in [0.05, 0.1) is 21.9 Å². The van der Waals surface area contributed by atoms with Crippen LogP contribution in [0.5, 0.6) is 0 Å². The highest BCUT2D eigenvalue weighted by Gasteiger charge is 2.46. The Morgan fingerprint density at radius 2 is 1.57 bits per heavy atom. The number of halogens is 2. The van der Waals surface area contributed by atoms with Gasteiger partial charge in [-0.2, -0.15) is 4.31 Å². The number of benzene rings is 3. The van der Waals surface area contributed by atoms with E-state index in [9.17, 15) is 26.4 Å². The van der Waals surface area contributed by atoms with Crippen molar-refractivity contribution in [1.29, 1.82) is 0 Å². The van der Waals surface area contributed by atoms with Crippen LogP contribution in [0.25, 0.3) is 0 Å². The second-order valence-electron chi connectivity index (χ2n) is 8.28. The van der Waals surface area contributed by atoms with Gasteiger partial charge in [0.2, 0.25) is 26.0 Å². The van der Waals surface area contributed by atoms with E-state index in [0.717, 1.165) is 14.8 Å². The number of sulfonamides is 2. The van der Waals surface area contributed by atoms with Crippen molar-refractivity contribution in [2.24, 2.45) is 5.14 Å².